The maximum absolute atomic E-state index is 10.1. The molecule has 0 aliphatic rings. The summed E-state index contributed by atoms with van der Waals surface area (Å²) in [5.74, 6) is 0.363. The lowest BCUT2D eigenvalue weighted by Crippen LogP contribution is -2.12. The van der Waals surface area contributed by atoms with E-state index in [4.69, 9.17) is 14.3 Å². The molecule has 1 aromatic carbocycles. The Morgan fingerprint density at radius 1 is 1.21 bits per heavy atom. The summed E-state index contributed by atoms with van der Waals surface area (Å²) in [5, 5.41) is 10.1. The molecule has 0 bridgehead atoms. The standard InChI is InChI=1S/C14H23O4P/c1-10-8-11(6-5-7-18-19(16)17)9-12(13(10)15)14(2,3)4/h8-9,15-17H,5-7H2,1-4H3. The molecule has 5 heteroatoms. The smallest absolute Gasteiger partial charge is 0.327 e. The van der Waals surface area contributed by atoms with E-state index in [2.05, 4.69) is 20.8 Å². The number of rotatable bonds is 5. The van der Waals surface area contributed by atoms with Crippen LogP contribution in [0, 0.1) is 6.92 Å². The number of aromatic hydroxyl groups is 1. The highest BCUT2D eigenvalue weighted by molar-refractivity contribution is 7.39. The highest BCUT2D eigenvalue weighted by Crippen LogP contribution is 2.34. The van der Waals surface area contributed by atoms with Gasteiger partial charge in [-0.1, -0.05) is 32.9 Å². The molecule has 0 fully saturated rings. The zero-order valence-corrected chi connectivity index (χ0v) is 12.9. The first-order valence-corrected chi connectivity index (χ1v) is 7.52. The Hall–Kier alpha value is -0.670. The minimum Gasteiger partial charge on any atom is -0.507 e. The van der Waals surface area contributed by atoms with Gasteiger partial charge < -0.3 is 19.4 Å². The van der Waals surface area contributed by atoms with Crippen LogP contribution in [0.5, 0.6) is 5.75 Å². The molecule has 3 N–H and O–H groups in total. The lowest BCUT2D eigenvalue weighted by atomic mass is 9.83. The Labute approximate surface area is 116 Å². The molecule has 0 aromatic heterocycles. The van der Waals surface area contributed by atoms with Gasteiger partial charge in [-0.3, -0.25) is 0 Å². The fourth-order valence-corrected chi connectivity index (χ4v) is 2.29. The first kappa shape index (κ1) is 16.4. The molecule has 0 aliphatic carbocycles. The Balaban J connectivity index is 2.78. The Morgan fingerprint density at radius 2 is 1.84 bits per heavy atom. The third-order valence-corrected chi connectivity index (χ3v) is 3.40. The maximum Gasteiger partial charge on any atom is 0.327 e. The monoisotopic (exact) mass is 286 g/mol. The number of benzene rings is 1. The van der Waals surface area contributed by atoms with Crippen LogP contribution >= 0.6 is 8.60 Å². The second-order valence-corrected chi connectivity index (χ2v) is 6.51. The van der Waals surface area contributed by atoms with Gasteiger partial charge in [0.05, 0.1) is 6.61 Å². The van der Waals surface area contributed by atoms with Crippen LogP contribution in [-0.2, 0) is 16.4 Å². The number of phenols is 1. The summed E-state index contributed by atoms with van der Waals surface area (Å²) >= 11 is 0. The molecule has 0 amide bonds. The third-order valence-electron chi connectivity index (χ3n) is 2.98. The molecule has 0 saturated heterocycles. The lowest BCUT2D eigenvalue weighted by molar-refractivity contribution is 0.252. The van der Waals surface area contributed by atoms with Gasteiger partial charge in [0.1, 0.15) is 5.75 Å². The van der Waals surface area contributed by atoms with E-state index >= 15 is 0 Å². The Morgan fingerprint density at radius 3 is 2.37 bits per heavy atom. The molecular weight excluding hydrogens is 263 g/mol. The molecular formula is C14H23O4P. The summed E-state index contributed by atoms with van der Waals surface area (Å²) in [6, 6.07) is 3.98. The van der Waals surface area contributed by atoms with Crippen LogP contribution < -0.4 is 0 Å². The van der Waals surface area contributed by atoms with Gasteiger partial charge in [-0.2, -0.15) is 0 Å². The minimum absolute atomic E-state index is 0.105. The van der Waals surface area contributed by atoms with Crippen LogP contribution in [0.15, 0.2) is 12.1 Å². The fraction of sp³-hybridized carbons (Fsp3) is 0.571. The molecule has 19 heavy (non-hydrogen) atoms. The topological polar surface area (TPSA) is 69.9 Å². The van der Waals surface area contributed by atoms with Crippen molar-refractivity contribution >= 4 is 8.60 Å². The van der Waals surface area contributed by atoms with Crippen molar-refractivity contribution < 1.29 is 19.4 Å². The van der Waals surface area contributed by atoms with Gasteiger partial charge in [0.2, 0.25) is 0 Å². The summed E-state index contributed by atoms with van der Waals surface area (Å²) in [6.07, 6.45) is 1.50. The summed E-state index contributed by atoms with van der Waals surface area (Å²) in [5.41, 5.74) is 2.83. The molecule has 0 spiro atoms. The highest BCUT2D eigenvalue weighted by atomic mass is 31.2. The lowest BCUT2D eigenvalue weighted by Gasteiger charge is -2.22. The molecule has 0 heterocycles. The maximum atomic E-state index is 10.1. The highest BCUT2D eigenvalue weighted by Gasteiger charge is 2.20. The van der Waals surface area contributed by atoms with Crippen molar-refractivity contribution in [1.82, 2.24) is 0 Å². The first-order chi connectivity index (χ1) is 8.71. The van der Waals surface area contributed by atoms with E-state index in [1.165, 1.54) is 0 Å². The largest absolute Gasteiger partial charge is 0.507 e. The van der Waals surface area contributed by atoms with Crippen LogP contribution in [-0.4, -0.2) is 21.5 Å². The quantitative estimate of drug-likeness (QED) is 0.574. The van der Waals surface area contributed by atoms with Crippen LogP contribution in [0.1, 0.15) is 43.9 Å². The summed E-state index contributed by atoms with van der Waals surface area (Å²) in [7, 11) is -2.26. The SMILES string of the molecule is Cc1cc(CCCOP(O)O)cc(C(C)(C)C)c1O. The van der Waals surface area contributed by atoms with Gasteiger partial charge in [-0.05, 0) is 41.9 Å². The zero-order chi connectivity index (χ0) is 14.6. The molecule has 108 valence electrons. The van der Waals surface area contributed by atoms with Gasteiger partial charge in [0, 0.05) is 0 Å². The van der Waals surface area contributed by atoms with Crippen molar-refractivity contribution in [3.05, 3.63) is 28.8 Å². The molecule has 0 atom stereocenters. The van der Waals surface area contributed by atoms with Gasteiger partial charge in [-0.15, -0.1) is 0 Å². The predicted molar refractivity (Wildman–Crippen MR) is 77.2 cm³/mol. The van der Waals surface area contributed by atoms with Crippen molar-refractivity contribution in [2.75, 3.05) is 6.61 Å². The van der Waals surface area contributed by atoms with Gasteiger partial charge >= 0.3 is 8.60 Å². The van der Waals surface area contributed by atoms with Crippen LogP contribution in [0.3, 0.4) is 0 Å². The Kier molecular flexibility index (Phi) is 5.75. The third kappa shape index (κ3) is 5.07. The summed E-state index contributed by atoms with van der Waals surface area (Å²) in [4.78, 5) is 17.3. The fourth-order valence-electron chi connectivity index (χ4n) is 1.99. The average Bonchev–Trinajstić information content (AvgIpc) is 2.27. The zero-order valence-electron chi connectivity index (χ0n) is 12.0. The molecule has 4 nitrogen and oxygen atoms in total. The van der Waals surface area contributed by atoms with E-state index in [9.17, 15) is 5.11 Å². The van der Waals surface area contributed by atoms with Crippen molar-refractivity contribution in [3.63, 3.8) is 0 Å². The van der Waals surface area contributed by atoms with E-state index in [0.29, 0.717) is 18.8 Å². The number of aryl methyl sites for hydroxylation is 2. The molecule has 0 radical (unpaired) electrons. The normalized spacial score (nSPS) is 12.2. The second-order valence-electron chi connectivity index (χ2n) is 5.75. The van der Waals surface area contributed by atoms with E-state index in [1.54, 1.807) is 0 Å². The number of hydrogen-bond acceptors (Lipinski definition) is 4. The van der Waals surface area contributed by atoms with Crippen molar-refractivity contribution in [1.29, 1.82) is 0 Å². The molecule has 0 saturated carbocycles. The minimum atomic E-state index is -2.26. The van der Waals surface area contributed by atoms with Gasteiger partial charge in [-0.25, -0.2) is 0 Å². The van der Waals surface area contributed by atoms with Crippen molar-refractivity contribution in [3.8, 4) is 5.75 Å². The van der Waals surface area contributed by atoms with E-state index in [0.717, 1.165) is 23.1 Å². The van der Waals surface area contributed by atoms with Gasteiger partial charge in [0.15, 0.2) is 0 Å². The van der Waals surface area contributed by atoms with Crippen molar-refractivity contribution in [2.45, 2.75) is 46.0 Å². The van der Waals surface area contributed by atoms with Gasteiger partial charge in [0.25, 0.3) is 0 Å². The molecule has 1 rings (SSSR count). The molecule has 0 aliphatic heterocycles. The number of hydrogen-bond donors (Lipinski definition) is 3. The molecule has 1 aromatic rings. The van der Waals surface area contributed by atoms with E-state index in [-0.39, 0.29) is 5.41 Å². The molecule has 0 unspecified atom stereocenters. The summed E-state index contributed by atoms with van der Waals surface area (Å²) in [6.45, 7) is 8.42. The van der Waals surface area contributed by atoms with Crippen LogP contribution in [0.4, 0.5) is 0 Å². The van der Waals surface area contributed by atoms with E-state index in [1.807, 2.05) is 19.1 Å². The second kappa shape index (κ2) is 6.67. The predicted octanol–water partition coefficient (Wildman–Crippen LogP) is 3.16. The van der Waals surface area contributed by atoms with E-state index < -0.39 is 8.60 Å². The van der Waals surface area contributed by atoms with Crippen LogP contribution in [0.25, 0.3) is 0 Å². The van der Waals surface area contributed by atoms with Crippen LogP contribution in [0.2, 0.25) is 0 Å². The first-order valence-electron chi connectivity index (χ1n) is 6.35. The summed E-state index contributed by atoms with van der Waals surface area (Å²) < 4.78 is 4.74. The Bertz CT molecular complexity index is 424. The van der Waals surface area contributed by atoms with Crippen molar-refractivity contribution in [2.24, 2.45) is 0 Å². The number of phenolic OH excluding ortho intramolecular Hbond substituents is 1. The average molecular weight is 286 g/mol.